The van der Waals surface area contributed by atoms with E-state index in [1.807, 2.05) is 42.5 Å². The smallest absolute Gasteiger partial charge is 0.185 e. The van der Waals surface area contributed by atoms with E-state index in [0.29, 0.717) is 13.2 Å². The predicted octanol–water partition coefficient (Wildman–Crippen LogP) is 4.25. The Bertz CT molecular complexity index is 602. The van der Waals surface area contributed by atoms with E-state index in [1.165, 1.54) is 0 Å². The Kier molecular flexibility index (Phi) is 4.34. The van der Waals surface area contributed by atoms with Crippen LogP contribution in [0.4, 0.5) is 0 Å². The average Bonchev–Trinajstić information content (AvgIpc) is 2.56. The first-order valence-electron chi connectivity index (χ1n) is 6.84. The molecule has 1 aromatic carbocycles. The summed E-state index contributed by atoms with van der Waals surface area (Å²) < 4.78 is 11.4. The van der Waals surface area contributed by atoms with Crippen LogP contribution in [0.15, 0.2) is 55.3 Å². The molecule has 1 aliphatic rings. The van der Waals surface area contributed by atoms with Crippen LogP contribution in [-0.2, 0) is 9.47 Å². The van der Waals surface area contributed by atoms with Crippen LogP contribution in [0.5, 0.6) is 0 Å². The molecular formula is C17H16ClNO2. The van der Waals surface area contributed by atoms with Crippen molar-refractivity contribution >= 4 is 11.6 Å². The third-order valence-electron chi connectivity index (χ3n) is 3.46. The van der Waals surface area contributed by atoms with Gasteiger partial charge in [-0.15, -0.1) is 6.58 Å². The van der Waals surface area contributed by atoms with Crippen molar-refractivity contribution in [2.75, 3.05) is 13.2 Å². The van der Waals surface area contributed by atoms with Gasteiger partial charge in [-0.05, 0) is 18.2 Å². The molecule has 0 bridgehead atoms. The molecule has 21 heavy (non-hydrogen) atoms. The predicted molar refractivity (Wildman–Crippen MR) is 83.0 cm³/mol. The van der Waals surface area contributed by atoms with Crippen molar-refractivity contribution in [3.8, 4) is 11.3 Å². The third kappa shape index (κ3) is 3.32. The topological polar surface area (TPSA) is 31.4 Å². The monoisotopic (exact) mass is 301 g/mol. The molecule has 0 aliphatic carbocycles. The molecular weight excluding hydrogens is 286 g/mol. The highest BCUT2D eigenvalue weighted by Crippen LogP contribution is 2.26. The maximum Gasteiger partial charge on any atom is 0.185 e. The first-order valence-corrected chi connectivity index (χ1v) is 7.21. The van der Waals surface area contributed by atoms with Crippen molar-refractivity contribution in [3.05, 3.63) is 65.8 Å². The number of aromatic nitrogens is 1. The van der Waals surface area contributed by atoms with E-state index < -0.39 is 0 Å². The van der Waals surface area contributed by atoms with Crippen LogP contribution in [0, 0.1) is 5.92 Å². The van der Waals surface area contributed by atoms with Gasteiger partial charge in [-0.2, -0.15) is 0 Å². The lowest BCUT2D eigenvalue weighted by Crippen LogP contribution is -2.25. The van der Waals surface area contributed by atoms with Gasteiger partial charge >= 0.3 is 0 Å². The summed E-state index contributed by atoms with van der Waals surface area (Å²) in [5.74, 6) is 0.266. The second kappa shape index (κ2) is 6.39. The molecule has 3 nitrogen and oxygen atoms in total. The van der Waals surface area contributed by atoms with Crippen LogP contribution in [-0.4, -0.2) is 18.2 Å². The summed E-state index contributed by atoms with van der Waals surface area (Å²) >= 11 is 5.89. The highest BCUT2D eigenvalue weighted by Gasteiger charge is 2.21. The van der Waals surface area contributed by atoms with Crippen molar-refractivity contribution < 1.29 is 9.47 Å². The van der Waals surface area contributed by atoms with Crippen molar-refractivity contribution in [2.24, 2.45) is 5.92 Å². The zero-order valence-corrected chi connectivity index (χ0v) is 12.3. The molecule has 0 atom stereocenters. The number of hydrogen-bond acceptors (Lipinski definition) is 3. The molecule has 4 heteroatoms. The Labute approximate surface area is 129 Å². The van der Waals surface area contributed by atoms with Crippen LogP contribution in [0.3, 0.4) is 0 Å². The molecule has 1 aromatic heterocycles. The standard InChI is InChI=1S/C17H16ClNO2/c1-2-12-10-20-17(21-11-12)14-5-8-16(19-9-14)13-3-6-15(18)7-4-13/h2-9,12,17H,1,10-11H2. The summed E-state index contributed by atoms with van der Waals surface area (Å²) in [7, 11) is 0. The number of halogens is 1. The molecule has 108 valence electrons. The Morgan fingerprint density at radius 3 is 2.38 bits per heavy atom. The quantitative estimate of drug-likeness (QED) is 0.794. The highest BCUT2D eigenvalue weighted by atomic mass is 35.5. The first-order chi connectivity index (χ1) is 10.3. The van der Waals surface area contributed by atoms with Crippen molar-refractivity contribution in [1.82, 2.24) is 4.98 Å². The summed E-state index contributed by atoms with van der Waals surface area (Å²) in [5.41, 5.74) is 2.86. The van der Waals surface area contributed by atoms with Crippen LogP contribution in [0.25, 0.3) is 11.3 Å². The molecule has 2 aromatic rings. The molecule has 1 saturated heterocycles. The van der Waals surface area contributed by atoms with Crippen molar-refractivity contribution in [2.45, 2.75) is 6.29 Å². The Balaban J connectivity index is 1.72. The number of benzene rings is 1. The van der Waals surface area contributed by atoms with E-state index in [4.69, 9.17) is 21.1 Å². The van der Waals surface area contributed by atoms with E-state index in [9.17, 15) is 0 Å². The van der Waals surface area contributed by atoms with E-state index in [0.717, 1.165) is 21.8 Å². The molecule has 0 radical (unpaired) electrons. The van der Waals surface area contributed by atoms with Gasteiger partial charge in [0.1, 0.15) is 0 Å². The van der Waals surface area contributed by atoms with Gasteiger partial charge in [0.15, 0.2) is 6.29 Å². The molecule has 0 unspecified atom stereocenters. The van der Waals surface area contributed by atoms with Crippen LogP contribution >= 0.6 is 11.6 Å². The van der Waals surface area contributed by atoms with Gasteiger partial charge in [0, 0.05) is 28.3 Å². The zero-order valence-electron chi connectivity index (χ0n) is 11.5. The maximum absolute atomic E-state index is 5.89. The summed E-state index contributed by atoms with van der Waals surface area (Å²) in [6.45, 7) is 5.02. The van der Waals surface area contributed by atoms with Crippen molar-refractivity contribution in [1.29, 1.82) is 0 Å². The fraction of sp³-hybridized carbons (Fsp3) is 0.235. The van der Waals surface area contributed by atoms with Crippen LogP contribution < -0.4 is 0 Å². The minimum Gasteiger partial charge on any atom is -0.348 e. The molecule has 3 rings (SSSR count). The van der Waals surface area contributed by atoms with E-state index in [-0.39, 0.29) is 12.2 Å². The number of pyridine rings is 1. The van der Waals surface area contributed by atoms with E-state index >= 15 is 0 Å². The van der Waals surface area contributed by atoms with Gasteiger partial charge in [0.25, 0.3) is 0 Å². The Hall–Kier alpha value is -1.68. The fourth-order valence-electron chi connectivity index (χ4n) is 2.18. The number of hydrogen-bond donors (Lipinski definition) is 0. The normalized spacial score (nSPS) is 22.0. The molecule has 1 fully saturated rings. The van der Waals surface area contributed by atoms with Gasteiger partial charge in [-0.1, -0.05) is 35.9 Å². The fourth-order valence-corrected chi connectivity index (χ4v) is 2.31. The first kappa shape index (κ1) is 14.3. The second-order valence-electron chi connectivity index (χ2n) is 4.98. The van der Waals surface area contributed by atoms with Gasteiger partial charge in [-0.25, -0.2) is 0 Å². The zero-order chi connectivity index (χ0) is 14.7. The third-order valence-corrected chi connectivity index (χ3v) is 3.71. The number of nitrogens with zero attached hydrogens (tertiary/aromatic N) is 1. The van der Waals surface area contributed by atoms with Crippen LogP contribution in [0.1, 0.15) is 11.9 Å². The van der Waals surface area contributed by atoms with Gasteiger partial charge in [0.05, 0.1) is 18.9 Å². The SMILES string of the molecule is C=CC1COC(c2ccc(-c3ccc(Cl)cc3)nc2)OC1. The minimum atomic E-state index is -0.340. The molecule has 0 saturated carbocycles. The highest BCUT2D eigenvalue weighted by molar-refractivity contribution is 6.30. The second-order valence-corrected chi connectivity index (χ2v) is 5.41. The summed E-state index contributed by atoms with van der Waals surface area (Å²) in [6, 6.07) is 11.6. The number of ether oxygens (including phenoxy) is 2. The molecule has 1 aliphatic heterocycles. The summed E-state index contributed by atoms with van der Waals surface area (Å²) in [6.07, 6.45) is 3.31. The van der Waals surface area contributed by atoms with Crippen molar-refractivity contribution in [3.63, 3.8) is 0 Å². The molecule has 0 spiro atoms. The summed E-state index contributed by atoms with van der Waals surface area (Å²) in [4.78, 5) is 4.47. The van der Waals surface area contributed by atoms with Crippen LogP contribution in [0.2, 0.25) is 5.02 Å². The molecule has 2 heterocycles. The van der Waals surface area contributed by atoms with E-state index in [2.05, 4.69) is 11.6 Å². The summed E-state index contributed by atoms with van der Waals surface area (Å²) in [5, 5.41) is 0.719. The molecule has 0 N–H and O–H groups in total. The lowest BCUT2D eigenvalue weighted by Gasteiger charge is -2.27. The van der Waals surface area contributed by atoms with Gasteiger partial charge in [0.2, 0.25) is 0 Å². The molecule has 0 amide bonds. The van der Waals surface area contributed by atoms with Gasteiger partial charge in [-0.3, -0.25) is 4.98 Å². The van der Waals surface area contributed by atoms with Gasteiger partial charge < -0.3 is 9.47 Å². The maximum atomic E-state index is 5.89. The lowest BCUT2D eigenvalue weighted by molar-refractivity contribution is -0.197. The Morgan fingerprint density at radius 2 is 1.81 bits per heavy atom. The average molecular weight is 302 g/mol. The number of rotatable bonds is 3. The minimum absolute atomic E-state index is 0.266. The largest absolute Gasteiger partial charge is 0.348 e. The lowest BCUT2D eigenvalue weighted by atomic mass is 10.1. The van der Waals surface area contributed by atoms with E-state index in [1.54, 1.807) is 6.20 Å². The Morgan fingerprint density at radius 1 is 1.10 bits per heavy atom.